The molecule has 0 radical (unpaired) electrons. The van der Waals surface area contributed by atoms with E-state index in [4.69, 9.17) is 45.5 Å². The Labute approximate surface area is 355 Å². The largest absolute Gasteiger partial charge is 0.418 e. The average Bonchev–Trinajstić information content (AvgIpc) is 3.99. The third kappa shape index (κ3) is 12.7. The maximum absolute atomic E-state index is 13.1. The highest BCUT2D eigenvalue weighted by atomic mass is 35.5. The van der Waals surface area contributed by atoms with Crippen molar-refractivity contribution in [3.63, 3.8) is 0 Å². The number of ether oxygens (including phenoxy) is 1. The van der Waals surface area contributed by atoms with Gasteiger partial charge in [0.2, 0.25) is 23.2 Å². The fourth-order valence-electron chi connectivity index (χ4n) is 5.41. The van der Waals surface area contributed by atoms with Crippen LogP contribution in [-0.2, 0) is 9.53 Å². The number of amides is 2. The average molecular weight is 864 g/mol. The molecule has 14 nitrogen and oxygen atoms in total. The molecule has 1 fully saturated rings. The Morgan fingerprint density at radius 2 is 1.27 bits per heavy atom. The number of aliphatic hydroxyl groups is 2. The van der Waals surface area contributed by atoms with Gasteiger partial charge in [0.15, 0.2) is 0 Å². The first-order valence-corrected chi connectivity index (χ1v) is 19.2. The molecular weight excluding hydrogens is 821 g/mol. The number of carbonyl (C=O) groups is 2. The molecule has 4 atom stereocenters. The van der Waals surface area contributed by atoms with E-state index < -0.39 is 41.9 Å². The summed E-state index contributed by atoms with van der Waals surface area (Å²) in [7, 11) is 0. The smallest absolute Gasteiger partial charge is 0.269 e. The molecule has 0 aliphatic carbocycles. The quantitative estimate of drug-likeness (QED) is 0.0588. The van der Waals surface area contributed by atoms with Gasteiger partial charge in [0.1, 0.15) is 23.7 Å². The first kappa shape index (κ1) is 46.5. The summed E-state index contributed by atoms with van der Waals surface area (Å²) >= 11 is 12.3. The van der Waals surface area contributed by atoms with Crippen LogP contribution in [0, 0.1) is 38.6 Å². The number of hydrazine groups is 1. The molecule has 0 unspecified atom stereocenters. The van der Waals surface area contributed by atoms with Crippen molar-refractivity contribution in [2.75, 3.05) is 23.8 Å². The van der Waals surface area contributed by atoms with E-state index in [1.807, 2.05) is 0 Å². The highest BCUT2D eigenvalue weighted by Gasteiger charge is 2.27. The Balaban J connectivity index is 0.000000236. The third-order valence-corrected chi connectivity index (χ3v) is 9.83. The lowest BCUT2D eigenvalue weighted by Crippen LogP contribution is -2.52. The second-order valence-corrected chi connectivity index (χ2v) is 14.1. The zero-order chi connectivity index (χ0) is 43.9. The number of halogens is 4. The zero-order valence-electron chi connectivity index (χ0n) is 32.9. The lowest BCUT2D eigenvalue weighted by molar-refractivity contribution is -0.124. The number of carbonyl (C=O) groups excluding carboxylic acids is 2. The number of aromatic nitrogens is 2. The van der Waals surface area contributed by atoms with Gasteiger partial charge >= 0.3 is 0 Å². The Bertz CT molecular complexity index is 2320. The van der Waals surface area contributed by atoms with Crippen LogP contribution in [0.5, 0.6) is 0 Å². The fourth-order valence-corrected chi connectivity index (χ4v) is 5.82. The van der Waals surface area contributed by atoms with Gasteiger partial charge in [-0.2, -0.15) is 0 Å². The van der Waals surface area contributed by atoms with E-state index in [2.05, 4.69) is 41.4 Å². The van der Waals surface area contributed by atoms with Gasteiger partial charge in [-0.05, 0) is 112 Å². The molecule has 0 saturated carbocycles. The third-order valence-electron chi connectivity index (χ3n) is 8.87. The standard InChI is InChI=1S/C19H18ClFN4O3.C19H16ClFN4O2.C4H8O/c1-10-14(8-9-15(22-3)16(10)20)23-17(11(2)26)19(28)25-24-18(27)12-4-6-13(21)7-5-12;1-10-14(8-9-15(22-3)16(10)20)23-17(11(2)26)19-25-24-18(27-19)12-4-6-13(21)7-5-12;1-2-4-5-3-1/h4-9,11,17,23,26H,1-2H3,(H,24,27)(H,25,28);4-9,11,17,23,26H,1-2H3;1-4H2/t2*11-,17+;/m00./s1. The molecule has 6 N–H and O–H groups in total. The zero-order valence-corrected chi connectivity index (χ0v) is 34.4. The van der Waals surface area contributed by atoms with Crippen LogP contribution in [-0.4, -0.2) is 63.7 Å². The summed E-state index contributed by atoms with van der Waals surface area (Å²) < 4.78 is 36.6. The fraction of sp³-hybridized carbons (Fsp3) is 0.286. The van der Waals surface area contributed by atoms with Crippen molar-refractivity contribution in [3.8, 4) is 11.5 Å². The molecule has 2 amide bonds. The molecule has 2 heterocycles. The first-order valence-electron chi connectivity index (χ1n) is 18.4. The molecule has 1 aliphatic heterocycles. The first-order chi connectivity index (χ1) is 28.6. The highest BCUT2D eigenvalue weighted by molar-refractivity contribution is 6.34. The lowest BCUT2D eigenvalue weighted by Gasteiger charge is -2.23. The number of rotatable bonds is 10. The van der Waals surface area contributed by atoms with Crippen molar-refractivity contribution in [1.82, 2.24) is 21.0 Å². The van der Waals surface area contributed by atoms with Crippen LogP contribution in [0.25, 0.3) is 21.1 Å². The summed E-state index contributed by atoms with van der Waals surface area (Å²) in [4.78, 5) is 31.1. The topological polar surface area (TPSA) is 180 Å². The van der Waals surface area contributed by atoms with Gasteiger partial charge in [-0.3, -0.25) is 20.4 Å². The Morgan fingerprint density at radius 1 is 0.750 bits per heavy atom. The van der Waals surface area contributed by atoms with Crippen LogP contribution in [0.1, 0.15) is 60.1 Å². The van der Waals surface area contributed by atoms with Gasteiger partial charge in [-0.25, -0.2) is 18.5 Å². The minimum Gasteiger partial charge on any atom is -0.418 e. The normalized spacial score (nSPS) is 13.7. The van der Waals surface area contributed by atoms with Crippen LogP contribution in [0.3, 0.4) is 0 Å². The van der Waals surface area contributed by atoms with E-state index in [1.165, 1.54) is 62.2 Å². The van der Waals surface area contributed by atoms with Gasteiger partial charge in [-0.1, -0.05) is 35.3 Å². The van der Waals surface area contributed by atoms with E-state index >= 15 is 0 Å². The molecule has 1 saturated heterocycles. The number of nitrogens with one attached hydrogen (secondary N) is 4. The predicted octanol–water partition coefficient (Wildman–Crippen LogP) is 8.68. The number of aliphatic hydroxyl groups excluding tert-OH is 2. The Morgan fingerprint density at radius 3 is 1.73 bits per heavy atom. The molecule has 18 heteroatoms. The summed E-state index contributed by atoms with van der Waals surface area (Å²) in [5, 5.41) is 34.7. The van der Waals surface area contributed by atoms with Crippen molar-refractivity contribution in [2.45, 2.75) is 64.8 Å². The Hall–Kier alpha value is -6.14. The number of nitrogens with zero attached hydrogens (tertiary/aromatic N) is 4. The van der Waals surface area contributed by atoms with Gasteiger partial charge in [0.05, 0.1) is 35.4 Å². The molecule has 4 aromatic carbocycles. The van der Waals surface area contributed by atoms with Crippen LogP contribution in [0.15, 0.2) is 77.2 Å². The van der Waals surface area contributed by atoms with Crippen molar-refractivity contribution in [3.05, 3.63) is 140 Å². The molecule has 314 valence electrons. The summed E-state index contributed by atoms with van der Waals surface area (Å²) in [6.07, 6.45) is 0.590. The summed E-state index contributed by atoms with van der Waals surface area (Å²) in [6.45, 7) is 22.6. The van der Waals surface area contributed by atoms with E-state index in [1.54, 1.807) is 39.0 Å². The number of hydrogen-bond donors (Lipinski definition) is 6. The molecule has 0 spiro atoms. The molecule has 5 aromatic rings. The van der Waals surface area contributed by atoms with Crippen molar-refractivity contribution >= 4 is 57.8 Å². The molecule has 6 rings (SSSR count). The van der Waals surface area contributed by atoms with Crippen LogP contribution in [0.2, 0.25) is 10.0 Å². The van der Waals surface area contributed by atoms with Gasteiger partial charge in [0.25, 0.3) is 11.8 Å². The van der Waals surface area contributed by atoms with Crippen LogP contribution >= 0.6 is 23.2 Å². The predicted molar refractivity (Wildman–Crippen MR) is 224 cm³/mol. The minimum atomic E-state index is -1.11. The maximum Gasteiger partial charge on any atom is 0.269 e. The number of anilines is 2. The van der Waals surface area contributed by atoms with Crippen LogP contribution in [0.4, 0.5) is 31.5 Å². The lowest BCUT2D eigenvalue weighted by atomic mass is 10.1. The summed E-state index contributed by atoms with van der Waals surface area (Å²) in [5.41, 5.74) is 8.09. The van der Waals surface area contributed by atoms with Gasteiger partial charge < -0.3 is 30.0 Å². The van der Waals surface area contributed by atoms with E-state index in [9.17, 15) is 28.6 Å². The van der Waals surface area contributed by atoms with E-state index in [0.717, 1.165) is 25.3 Å². The van der Waals surface area contributed by atoms with Gasteiger partial charge in [-0.15, -0.1) is 10.2 Å². The molecule has 1 aliphatic rings. The summed E-state index contributed by atoms with van der Waals surface area (Å²) in [6, 6.07) is 15.0. The van der Waals surface area contributed by atoms with Crippen LogP contribution < -0.4 is 21.5 Å². The van der Waals surface area contributed by atoms with E-state index in [-0.39, 0.29) is 33.9 Å². The number of hydrogen-bond acceptors (Lipinski definition) is 10. The second kappa shape index (κ2) is 22.3. The molecule has 0 bridgehead atoms. The minimum absolute atomic E-state index is 0.153. The van der Waals surface area contributed by atoms with Crippen molar-refractivity contribution in [2.24, 2.45) is 0 Å². The van der Waals surface area contributed by atoms with Crippen molar-refractivity contribution in [1.29, 1.82) is 0 Å². The highest BCUT2D eigenvalue weighted by Crippen LogP contribution is 2.36. The summed E-state index contributed by atoms with van der Waals surface area (Å²) in [5.74, 6) is -1.80. The van der Waals surface area contributed by atoms with E-state index in [0.29, 0.717) is 38.8 Å². The molecule has 1 aromatic heterocycles. The molecule has 60 heavy (non-hydrogen) atoms. The number of benzene rings is 4. The van der Waals surface area contributed by atoms with Crippen molar-refractivity contribution < 1.29 is 37.7 Å². The van der Waals surface area contributed by atoms with Gasteiger partial charge in [0, 0.05) is 35.7 Å². The second-order valence-electron chi connectivity index (χ2n) is 13.3. The molecular formula is C42H42Cl2F2N8O6. The SMILES string of the molecule is C1CCOC1.[C-]#[N+]c1ccc(N[C@@H](C(=O)NNC(=O)c2ccc(F)cc2)[C@H](C)O)c(C)c1Cl.[C-]#[N+]c1ccc(N[C@@H](c2nnc(-c3ccc(F)cc3)o2)[C@H](C)O)c(C)c1Cl. The monoisotopic (exact) mass is 862 g/mol. The maximum atomic E-state index is 13.1. The Kier molecular flexibility index (Phi) is 17.3.